The van der Waals surface area contributed by atoms with Crippen LogP contribution in [0.1, 0.15) is 19.3 Å². The molecule has 21 heavy (non-hydrogen) atoms. The number of rotatable bonds is 3. The minimum absolute atomic E-state index is 0.165. The summed E-state index contributed by atoms with van der Waals surface area (Å²) in [4.78, 5) is 4.88. The Kier molecular flexibility index (Phi) is 4.93. The maximum atomic E-state index is 8.65. The first kappa shape index (κ1) is 15.4. The van der Waals surface area contributed by atoms with Gasteiger partial charge in [0.25, 0.3) is 0 Å². The van der Waals surface area contributed by atoms with Gasteiger partial charge in [0.1, 0.15) is 0 Å². The van der Waals surface area contributed by atoms with E-state index >= 15 is 0 Å². The predicted molar refractivity (Wildman–Crippen MR) is 85.1 cm³/mol. The third kappa shape index (κ3) is 3.64. The zero-order valence-corrected chi connectivity index (χ0v) is 13.4. The molecule has 7 heteroatoms. The summed E-state index contributed by atoms with van der Waals surface area (Å²) < 4.78 is 6.12. The first-order valence-electron chi connectivity index (χ1n) is 7.85. The lowest BCUT2D eigenvalue weighted by Gasteiger charge is -2.45. The number of hydrogen-bond acceptors (Lipinski definition) is 6. The topological polar surface area (TPSA) is 74.3 Å². The van der Waals surface area contributed by atoms with Gasteiger partial charge in [0.05, 0.1) is 12.1 Å². The van der Waals surface area contributed by atoms with Crippen molar-refractivity contribution in [2.24, 2.45) is 10.9 Å². The van der Waals surface area contributed by atoms with Crippen molar-refractivity contribution in [3.05, 3.63) is 0 Å². The Morgan fingerprint density at radius 1 is 1.38 bits per heavy atom. The second-order valence-electron chi connectivity index (χ2n) is 6.38. The molecule has 0 aromatic carbocycles. The standard InChI is InChI=1S/C14H26N4O2S/c15-13(16-19)10-17-3-5-18(6-4-17)12-1-7-20-14(9-12)2-8-21-11-14/h12,19H,1-11H2,(H2,15,16). The Balaban J connectivity index is 1.50. The van der Waals surface area contributed by atoms with E-state index in [1.54, 1.807) is 0 Å². The van der Waals surface area contributed by atoms with E-state index in [4.69, 9.17) is 15.7 Å². The SMILES string of the molecule is NC(CN1CCN(C2CCOC3(CCSC3)C2)CC1)=NO. The molecule has 3 aliphatic heterocycles. The lowest BCUT2D eigenvalue weighted by molar-refractivity contribution is -0.0936. The highest BCUT2D eigenvalue weighted by Crippen LogP contribution is 2.39. The number of ether oxygens (including phenoxy) is 1. The second-order valence-corrected chi connectivity index (χ2v) is 7.49. The number of thioether (sulfide) groups is 1. The van der Waals surface area contributed by atoms with Gasteiger partial charge >= 0.3 is 0 Å². The number of amidine groups is 1. The molecular formula is C14H26N4O2S. The molecule has 3 saturated heterocycles. The Morgan fingerprint density at radius 3 is 2.86 bits per heavy atom. The second kappa shape index (κ2) is 6.73. The van der Waals surface area contributed by atoms with Crippen LogP contribution in [0.25, 0.3) is 0 Å². The van der Waals surface area contributed by atoms with Crippen LogP contribution in [0, 0.1) is 0 Å². The van der Waals surface area contributed by atoms with Crippen LogP contribution in [0.4, 0.5) is 0 Å². The summed E-state index contributed by atoms with van der Waals surface area (Å²) in [6.07, 6.45) is 3.57. The van der Waals surface area contributed by atoms with Gasteiger partial charge in [-0.15, -0.1) is 0 Å². The van der Waals surface area contributed by atoms with Crippen molar-refractivity contribution in [1.29, 1.82) is 0 Å². The maximum absolute atomic E-state index is 8.65. The molecular weight excluding hydrogens is 288 g/mol. The summed E-state index contributed by atoms with van der Waals surface area (Å²) in [6.45, 7) is 5.62. The van der Waals surface area contributed by atoms with E-state index in [0.717, 1.165) is 39.2 Å². The molecule has 0 saturated carbocycles. The average molecular weight is 314 g/mol. The molecule has 2 atom stereocenters. The van der Waals surface area contributed by atoms with Gasteiger partial charge in [-0.3, -0.25) is 9.80 Å². The van der Waals surface area contributed by atoms with Crippen molar-refractivity contribution in [2.45, 2.75) is 30.9 Å². The fourth-order valence-electron chi connectivity index (χ4n) is 3.72. The van der Waals surface area contributed by atoms with Crippen molar-refractivity contribution in [3.8, 4) is 0 Å². The van der Waals surface area contributed by atoms with Gasteiger partial charge in [0.15, 0.2) is 5.84 Å². The Bertz CT molecular complexity index is 379. The van der Waals surface area contributed by atoms with Crippen LogP contribution in [-0.4, -0.2) is 83.3 Å². The summed E-state index contributed by atoms with van der Waals surface area (Å²) in [6, 6.07) is 0.670. The van der Waals surface area contributed by atoms with Crippen molar-refractivity contribution >= 4 is 17.6 Å². The molecule has 0 aromatic rings. The van der Waals surface area contributed by atoms with Gasteiger partial charge in [-0.2, -0.15) is 11.8 Å². The highest BCUT2D eigenvalue weighted by atomic mass is 32.2. The molecule has 3 fully saturated rings. The van der Waals surface area contributed by atoms with Crippen LogP contribution in [0.15, 0.2) is 5.16 Å². The zero-order valence-electron chi connectivity index (χ0n) is 12.5. The average Bonchev–Trinajstić information content (AvgIpc) is 2.95. The fraction of sp³-hybridized carbons (Fsp3) is 0.929. The lowest BCUT2D eigenvalue weighted by atomic mass is 9.88. The number of hydrogen-bond donors (Lipinski definition) is 2. The molecule has 0 amide bonds. The maximum Gasteiger partial charge on any atom is 0.153 e. The number of nitrogens with two attached hydrogens (primary N) is 1. The Labute approximate surface area is 130 Å². The monoisotopic (exact) mass is 314 g/mol. The largest absolute Gasteiger partial charge is 0.409 e. The van der Waals surface area contributed by atoms with E-state index in [-0.39, 0.29) is 5.60 Å². The molecule has 3 rings (SSSR count). The summed E-state index contributed by atoms with van der Waals surface area (Å²) in [5.74, 6) is 2.73. The van der Waals surface area contributed by atoms with E-state index < -0.39 is 0 Å². The van der Waals surface area contributed by atoms with Crippen LogP contribution < -0.4 is 5.73 Å². The molecule has 6 nitrogen and oxygen atoms in total. The van der Waals surface area contributed by atoms with Gasteiger partial charge in [-0.25, -0.2) is 0 Å². The zero-order chi connectivity index (χ0) is 14.7. The van der Waals surface area contributed by atoms with Gasteiger partial charge in [0.2, 0.25) is 0 Å². The van der Waals surface area contributed by atoms with Crippen LogP contribution in [0.3, 0.4) is 0 Å². The molecule has 3 heterocycles. The molecule has 0 radical (unpaired) electrons. The minimum Gasteiger partial charge on any atom is -0.409 e. The molecule has 2 unspecified atom stereocenters. The van der Waals surface area contributed by atoms with E-state index in [9.17, 15) is 0 Å². The number of oxime groups is 1. The van der Waals surface area contributed by atoms with Gasteiger partial charge < -0.3 is 15.7 Å². The molecule has 0 aromatic heterocycles. The van der Waals surface area contributed by atoms with Gasteiger partial charge in [0, 0.05) is 44.6 Å². The molecule has 3 aliphatic rings. The third-order valence-corrected chi connectivity index (χ3v) is 6.19. The van der Waals surface area contributed by atoms with Crippen molar-refractivity contribution in [3.63, 3.8) is 0 Å². The van der Waals surface area contributed by atoms with Crippen molar-refractivity contribution in [2.75, 3.05) is 50.8 Å². The third-order valence-electron chi connectivity index (χ3n) is 4.97. The summed E-state index contributed by atoms with van der Waals surface area (Å²) in [5.41, 5.74) is 5.75. The highest BCUT2D eigenvalue weighted by Gasteiger charge is 2.42. The smallest absolute Gasteiger partial charge is 0.153 e. The van der Waals surface area contributed by atoms with Crippen molar-refractivity contribution in [1.82, 2.24) is 9.80 Å². The molecule has 3 N–H and O–H groups in total. The quantitative estimate of drug-likeness (QED) is 0.340. The first-order chi connectivity index (χ1) is 10.2. The Hall–Kier alpha value is -0.500. The number of piperazine rings is 1. The molecule has 0 bridgehead atoms. The van der Waals surface area contributed by atoms with E-state index in [1.165, 1.54) is 24.3 Å². The van der Waals surface area contributed by atoms with Crippen molar-refractivity contribution < 1.29 is 9.94 Å². The first-order valence-corrected chi connectivity index (χ1v) is 9.01. The lowest BCUT2D eigenvalue weighted by Crippen LogP contribution is -2.55. The fourth-order valence-corrected chi connectivity index (χ4v) is 5.10. The molecule has 120 valence electrons. The minimum atomic E-state index is 0.165. The molecule has 0 aliphatic carbocycles. The predicted octanol–water partition coefficient (Wildman–Crippen LogP) is 0.405. The number of nitrogens with zero attached hydrogens (tertiary/aromatic N) is 3. The van der Waals surface area contributed by atoms with E-state index in [0.29, 0.717) is 18.4 Å². The van der Waals surface area contributed by atoms with Gasteiger partial charge in [-0.1, -0.05) is 5.16 Å². The normalized spacial score (nSPS) is 36.4. The van der Waals surface area contributed by atoms with E-state index in [2.05, 4.69) is 15.0 Å². The van der Waals surface area contributed by atoms with E-state index in [1.807, 2.05) is 11.8 Å². The van der Waals surface area contributed by atoms with Crippen LogP contribution in [-0.2, 0) is 4.74 Å². The van der Waals surface area contributed by atoms with Gasteiger partial charge in [-0.05, 0) is 25.0 Å². The summed E-state index contributed by atoms with van der Waals surface area (Å²) in [7, 11) is 0. The summed E-state index contributed by atoms with van der Waals surface area (Å²) >= 11 is 2.04. The van der Waals surface area contributed by atoms with Crippen LogP contribution in [0.5, 0.6) is 0 Å². The highest BCUT2D eigenvalue weighted by molar-refractivity contribution is 7.99. The summed E-state index contributed by atoms with van der Waals surface area (Å²) in [5, 5.41) is 11.7. The Morgan fingerprint density at radius 2 is 2.19 bits per heavy atom. The van der Waals surface area contributed by atoms with Crippen LogP contribution >= 0.6 is 11.8 Å². The molecule has 1 spiro atoms. The van der Waals surface area contributed by atoms with Crippen LogP contribution in [0.2, 0.25) is 0 Å².